The van der Waals surface area contributed by atoms with Crippen LogP contribution in [0, 0.1) is 0 Å². The summed E-state index contributed by atoms with van der Waals surface area (Å²) >= 11 is 0. The molecule has 0 bridgehead atoms. The number of fused-ring (bicyclic) bond motifs is 3. The van der Waals surface area contributed by atoms with E-state index in [1.54, 1.807) is 27.7 Å². The Morgan fingerprint density at radius 1 is 0.914 bits per heavy atom. The summed E-state index contributed by atoms with van der Waals surface area (Å²) in [6, 6.07) is 14.6. The maximum atomic E-state index is 12.7. The third-order valence-electron chi connectivity index (χ3n) is 5.41. The fraction of sp³-hybridized carbons (Fsp3) is 0.407. The molecule has 2 aromatic carbocycles. The van der Waals surface area contributed by atoms with Crippen molar-refractivity contribution in [3.63, 3.8) is 0 Å². The summed E-state index contributed by atoms with van der Waals surface area (Å²) in [5, 5.41) is 2.44. The molecule has 1 atom stereocenters. The molecule has 35 heavy (non-hydrogen) atoms. The molecule has 0 spiro atoms. The van der Waals surface area contributed by atoms with E-state index in [1.807, 2.05) is 48.5 Å². The van der Waals surface area contributed by atoms with Crippen molar-refractivity contribution < 1.29 is 33.4 Å². The molecular formula is C27H31NO7. The summed E-state index contributed by atoms with van der Waals surface area (Å²) in [5.41, 5.74) is 3.45. The smallest absolute Gasteiger partial charge is 0.407 e. The summed E-state index contributed by atoms with van der Waals surface area (Å²) in [6.45, 7) is 6.85. The first-order valence-corrected chi connectivity index (χ1v) is 11.6. The highest BCUT2D eigenvalue weighted by atomic mass is 16.6. The Bertz CT molecular complexity index is 1060. The third-order valence-corrected chi connectivity index (χ3v) is 5.41. The Labute approximate surface area is 204 Å². The van der Waals surface area contributed by atoms with Crippen molar-refractivity contribution >= 4 is 23.8 Å². The van der Waals surface area contributed by atoms with Crippen molar-refractivity contribution in [1.29, 1.82) is 0 Å². The molecule has 1 aliphatic carbocycles. The molecule has 186 valence electrons. The molecule has 1 amide bonds. The standard InChI is InChI=1S/C27H31NO7/c1-5-33-24(30)15-17(29)14-23(25(31)35-27(2,3)4)28-26(32)34-16-22-20-12-8-6-10-18(20)19-11-7-9-13-21(19)22/h6-13,22-23H,5,14-16H2,1-4H3,(H,28,32). The Kier molecular flexibility index (Phi) is 8.27. The van der Waals surface area contributed by atoms with Crippen LogP contribution in [0.1, 0.15) is 57.6 Å². The molecule has 8 heteroatoms. The van der Waals surface area contributed by atoms with Gasteiger partial charge in [-0.2, -0.15) is 0 Å². The van der Waals surface area contributed by atoms with Crippen molar-refractivity contribution in [3.05, 3.63) is 59.7 Å². The number of ether oxygens (including phenoxy) is 3. The van der Waals surface area contributed by atoms with E-state index in [1.165, 1.54) is 0 Å². The summed E-state index contributed by atoms with van der Waals surface area (Å²) in [5.74, 6) is -2.19. The number of rotatable bonds is 9. The molecular weight excluding hydrogens is 450 g/mol. The van der Waals surface area contributed by atoms with Gasteiger partial charge in [0.1, 0.15) is 30.5 Å². The maximum absolute atomic E-state index is 12.7. The lowest BCUT2D eigenvalue weighted by atomic mass is 9.98. The van der Waals surface area contributed by atoms with Crippen LogP contribution < -0.4 is 5.32 Å². The van der Waals surface area contributed by atoms with E-state index in [0.29, 0.717) is 0 Å². The van der Waals surface area contributed by atoms with Crippen molar-refractivity contribution in [1.82, 2.24) is 5.32 Å². The molecule has 0 fully saturated rings. The molecule has 0 heterocycles. The second kappa shape index (κ2) is 11.2. The molecule has 0 aromatic heterocycles. The third kappa shape index (κ3) is 6.91. The Balaban J connectivity index is 1.67. The average molecular weight is 482 g/mol. The maximum Gasteiger partial charge on any atom is 0.407 e. The summed E-state index contributed by atoms with van der Waals surface area (Å²) in [4.78, 5) is 49.3. The average Bonchev–Trinajstić information content (AvgIpc) is 3.10. The van der Waals surface area contributed by atoms with Gasteiger partial charge in [0, 0.05) is 12.3 Å². The highest BCUT2D eigenvalue weighted by Gasteiger charge is 2.32. The molecule has 0 saturated heterocycles. The van der Waals surface area contributed by atoms with E-state index in [9.17, 15) is 19.2 Å². The van der Waals surface area contributed by atoms with Crippen LogP contribution in [0.5, 0.6) is 0 Å². The minimum atomic E-state index is -1.30. The van der Waals surface area contributed by atoms with Gasteiger partial charge >= 0.3 is 18.0 Å². The van der Waals surface area contributed by atoms with Crippen LogP contribution in [0.2, 0.25) is 0 Å². The van der Waals surface area contributed by atoms with Crippen LogP contribution in [0.15, 0.2) is 48.5 Å². The molecule has 2 aromatic rings. The number of hydrogen-bond acceptors (Lipinski definition) is 7. The number of hydrogen-bond donors (Lipinski definition) is 1. The van der Waals surface area contributed by atoms with Gasteiger partial charge < -0.3 is 19.5 Å². The quantitative estimate of drug-likeness (QED) is 0.326. The van der Waals surface area contributed by atoms with Crippen molar-refractivity contribution in [2.45, 2.75) is 58.1 Å². The van der Waals surface area contributed by atoms with E-state index in [0.717, 1.165) is 22.3 Å². The van der Waals surface area contributed by atoms with Crippen molar-refractivity contribution in [2.75, 3.05) is 13.2 Å². The SMILES string of the molecule is CCOC(=O)CC(=O)CC(NC(=O)OCC1c2ccccc2-c2ccccc21)C(=O)OC(C)(C)C. The number of benzene rings is 2. The minimum absolute atomic E-state index is 0.0532. The van der Waals surface area contributed by atoms with Crippen LogP contribution in [0.25, 0.3) is 11.1 Å². The number of esters is 2. The lowest BCUT2D eigenvalue weighted by molar-refractivity contribution is -0.159. The normalized spacial score (nSPS) is 13.3. The lowest BCUT2D eigenvalue weighted by Crippen LogP contribution is -2.46. The Morgan fingerprint density at radius 2 is 1.49 bits per heavy atom. The first-order valence-electron chi connectivity index (χ1n) is 11.6. The number of carbonyl (C=O) groups is 4. The minimum Gasteiger partial charge on any atom is -0.466 e. The van der Waals surface area contributed by atoms with Crippen LogP contribution in [0.4, 0.5) is 4.79 Å². The van der Waals surface area contributed by atoms with Crippen LogP contribution >= 0.6 is 0 Å². The summed E-state index contributed by atoms with van der Waals surface area (Å²) in [6.07, 6.45) is -1.77. The van der Waals surface area contributed by atoms with Gasteiger partial charge in [-0.25, -0.2) is 9.59 Å². The van der Waals surface area contributed by atoms with Crippen LogP contribution in [-0.4, -0.2) is 48.7 Å². The number of amides is 1. The first kappa shape index (κ1) is 25.9. The monoisotopic (exact) mass is 481 g/mol. The number of Topliss-reactive ketones (excluding diaryl/α,β-unsaturated/α-hetero) is 1. The van der Waals surface area contributed by atoms with Crippen molar-refractivity contribution in [3.8, 4) is 11.1 Å². The van der Waals surface area contributed by atoms with E-state index in [4.69, 9.17) is 14.2 Å². The summed E-state index contributed by atoms with van der Waals surface area (Å²) in [7, 11) is 0. The zero-order chi connectivity index (χ0) is 25.6. The molecule has 0 radical (unpaired) electrons. The van der Waals surface area contributed by atoms with Gasteiger partial charge in [-0.3, -0.25) is 9.59 Å². The van der Waals surface area contributed by atoms with Gasteiger partial charge in [-0.1, -0.05) is 48.5 Å². The van der Waals surface area contributed by atoms with Gasteiger partial charge in [0.15, 0.2) is 0 Å². The first-order chi connectivity index (χ1) is 16.6. The van der Waals surface area contributed by atoms with E-state index >= 15 is 0 Å². The number of ketones is 1. The zero-order valence-electron chi connectivity index (χ0n) is 20.5. The largest absolute Gasteiger partial charge is 0.466 e. The van der Waals surface area contributed by atoms with E-state index in [2.05, 4.69) is 5.32 Å². The molecule has 1 N–H and O–H groups in total. The topological polar surface area (TPSA) is 108 Å². The predicted molar refractivity (Wildman–Crippen MR) is 129 cm³/mol. The van der Waals surface area contributed by atoms with Gasteiger partial charge in [0.2, 0.25) is 0 Å². The fourth-order valence-corrected chi connectivity index (χ4v) is 4.02. The molecule has 1 unspecified atom stereocenters. The Hall–Kier alpha value is -3.68. The van der Waals surface area contributed by atoms with Gasteiger partial charge in [-0.15, -0.1) is 0 Å². The molecule has 0 saturated carbocycles. The lowest BCUT2D eigenvalue weighted by Gasteiger charge is -2.24. The fourth-order valence-electron chi connectivity index (χ4n) is 4.02. The zero-order valence-corrected chi connectivity index (χ0v) is 20.5. The van der Waals surface area contributed by atoms with Gasteiger partial charge in [0.05, 0.1) is 6.61 Å². The van der Waals surface area contributed by atoms with E-state index in [-0.39, 0.29) is 19.1 Å². The molecule has 0 aliphatic heterocycles. The summed E-state index contributed by atoms with van der Waals surface area (Å²) < 4.78 is 15.6. The second-order valence-electron chi connectivity index (χ2n) is 9.28. The Morgan fingerprint density at radius 3 is 2.03 bits per heavy atom. The number of nitrogens with one attached hydrogen (secondary N) is 1. The van der Waals surface area contributed by atoms with Crippen LogP contribution in [0.3, 0.4) is 0 Å². The van der Waals surface area contributed by atoms with E-state index < -0.39 is 48.3 Å². The number of alkyl carbamates (subject to hydrolysis) is 1. The van der Waals surface area contributed by atoms with Crippen molar-refractivity contribution in [2.24, 2.45) is 0 Å². The van der Waals surface area contributed by atoms with Crippen LogP contribution in [-0.2, 0) is 28.6 Å². The highest BCUT2D eigenvalue weighted by Crippen LogP contribution is 2.44. The number of carbonyl (C=O) groups excluding carboxylic acids is 4. The van der Waals surface area contributed by atoms with Gasteiger partial charge in [-0.05, 0) is 49.9 Å². The molecule has 1 aliphatic rings. The molecule has 8 nitrogen and oxygen atoms in total. The highest BCUT2D eigenvalue weighted by molar-refractivity contribution is 5.98. The predicted octanol–water partition coefficient (Wildman–Crippen LogP) is 4.15. The molecule has 3 rings (SSSR count). The van der Waals surface area contributed by atoms with Gasteiger partial charge in [0.25, 0.3) is 0 Å². The second-order valence-corrected chi connectivity index (χ2v) is 9.28.